The van der Waals surface area contributed by atoms with E-state index in [9.17, 15) is 0 Å². The molecule has 1 saturated heterocycles. The van der Waals surface area contributed by atoms with Crippen molar-refractivity contribution < 1.29 is 9.84 Å². The van der Waals surface area contributed by atoms with Gasteiger partial charge >= 0.3 is 0 Å². The molecule has 3 atom stereocenters. The van der Waals surface area contributed by atoms with Crippen molar-refractivity contribution in [1.82, 2.24) is 15.5 Å². The first kappa shape index (κ1) is 10.8. The maximum absolute atomic E-state index is 9.07. The van der Waals surface area contributed by atoms with E-state index in [-0.39, 0.29) is 25.1 Å². The Bertz CT molecular complexity index is 370. The number of hydrogen-bond donors (Lipinski definition) is 4. The summed E-state index contributed by atoms with van der Waals surface area (Å²) in [6.45, 7) is 0.730. The van der Waals surface area contributed by atoms with E-state index < -0.39 is 0 Å². The molecule has 0 radical (unpaired) electrons. The molecule has 0 aromatic heterocycles. The van der Waals surface area contributed by atoms with Crippen LogP contribution in [0.15, 0.2) is 16.5 Å². The van der Waals surface area contributed by atoms with Crippen molar-refractivity contribution in [3.63, 3.8) is 0 Å². The Morgan fingerprint density at radius 1 is 1.59 bits per heavy atom. The SMILES string of the molecule is NC1NC=NC2=C1NCN2[C@H]1CC[C@@H](CO)O1. The summed E-state index contributed by atoms with van der Waals surface area (Å²) in [6, 6.07) is 0. The van der Waals surface area contributed by atoms with E-state index in [4.69, 9.17) is 15.6 Å². The van der Waals surface area contributed by atoms with E-state index in [1.807, 2.05) is 0 Å². The molecule has 3 rings (SSSR count). The minimum atomic E-state index is -0.234. The molecule has 3 aliphatic heterocycles. The lowest BCUT2D eigenvalue weighted by atomic mass is 10.2. The minimum absolute atomic E-state index is 0.0189. The number of aliphatic imine (C=N–C) groups is 1. The molecule has 0 aliphatic carbocycles. The predicted octanol–water partition coefficient (Wildman–Crippen LogP) is -1.57. The summed E-state index contributed by atoms with van der Waals surface area (Å²) in [4.78, 5) is 6.36. The molecule has 0 aromatic rings. The van der Waals surface area contributed by atoms with Gasteiger partial charge in [-0.05, 0) is 12.8 Å². The maximum atomic E-state index is 9.07. The van der Waals surface area contributed by atoms with Gasteiger partial charge in [-0.3, -0.25) is 0 Å². The first-order valence-electron chi connectivity index (χ1n) is 5.85. The van der Waals surface area contributed by atoms with Gasteiger partial charge in [0.1, 0.15) is 12.4 Å². The van der Waals surface area contributed by atoms with Crippen LogP contribution in [0, 0.1) is 0 Å². The van der Waals surface area contributed by atoms with Crippen molar-refractivity contribution in [1.29, 1.82) is 0 Å². The highest BCUT2D eigenvalue weighted by molar-refractivity contribution is 5.60. The molecule has 0 aromatic carbocycles. The molecule has 3 heterocycles. The fourth-order valence-corrected chi connectivity index (χ4v) is 2.42. The Morgan fingerprint density at radius 3 is 3.24 bits per heavy atom. The summed E-state index contributed by atoms with van der Waals surface area (Å²) >= 11 is 0. The van der Waals surface area contributed by atoms with Gasteiger partial charge in [0.15, 0.2) is 5.82 Å². The van der Waals surface area contributed by atoms with Crippen molar-refractivity contribution in [2.24, 2.45) is 10.7 Å². The van der Waals surface area contributed by atoms with E-state index in [2.05, 4.69) is 20.5 Å². The van der Waals surface area contributed by atoms with Gasteiger partial charge in [0.2, 0.25) is 0 Å². The molecule has 17 heavy (non-hydrogen) atoms. The highest BCUT2D eigenvalue weighted by atomic mass is 16.5. The molecular weight excluding hydrogens is 222 g/mol. The van der Waals surface area contributed by atoms with Crippen molar-refractivity contribution in [3.05, 3.63) is 11.5 Å². The van der Waals surface area contributed by atoms with E-state index in [0.717, 1.165) is 24.4 Å². The summed E-state index contributed by atoms with van der Waals surface area (Å²) in [5, 5.41) is 15.2. The van der Waals surface area contributed by atoms with Crippen LogP contribution < -0.4 is 16.4 Å². The molecular formula is C10H17N5O2. The number of ether oxygens (including phenoxy) is 1. The number of aliphatic hydroxyl groups is 1. The fourth-order valence-electron chi connectivity index (χ4n) is 2.42. The van der Waals surface area contributed by atoms with Crippen LogP contribution in [0.2, 0.25) is 0 Å². The number of rotatable bonds is 2. The minimum Gasteiger partial charge on any atom is -0.394 e. The van der Waals surface area contributed by atoms with Gasteiger partial charge in [-0.2, -0.15) is 0 Å². The zero-order valence-electron chi connectivity index (χ0n) is 9.47. The van der Waals surface area contributed by atoms with E-state index in [1.54, 1.807) is 6.34 Å². The third-order valence-corrected chi connectivity index (χ3v) is 3.34. The van der Waals surface area contributed by atoms with Crippen molar-refractivity contribution >= 4 is 6.34 Å². The molecule has 5 N–H and O–H groups in total. The van der Waals surface area contributed by atoms with Gasteiger partial charge in [0, 0.05) is 0 Å². The summed E-state index contributed by atoms with van der Waals surface area (Å²) in [5.74, 6) is 0.847. The third kappa shape index (κ3) is 1.76. The Labute approximate surface area is 99.3 Å². The number of nitrogens with two attached hydrogens (primary N) is 1. The molecule has 94 valence electrons. The van der Waals surface area contributed by atoms with Gasteiger partial charge in [-0.15, -0.1) is 0 Å². The smallest absolute Gasteiger partial charge is 0.156 e. The molecule has 7 heteroatoms. The van der Waals surface area contributed by atoms with E-state index >= 15 is 0 Å². The molecule has 0 saturated carbocycles. The number of nitrogens with one attached hydrogen (secondary N) is 2. The highest BCUT2D eigenvalue weighted by Crippen LogP contribution is 2.29. The molecule has 0 amide bonds. The molecule has 1 fully saturated rings. The average Bonchev–Trinajstić information content (AvgIpc) is 2.94. The van der Waals surface area contributed by atoms with Crippen LogP contribution in [0.25, 0.3) is 0 Å². The molecule has 0 spiro atoms. The van der Waals surface area contributed by atoms with E-state index in [1.165, 1.54) is 0 Å². The van der Waals surface area contributed by atoms with Crippen LogP contribution in [0.5, 0.6) is 0 Å². The second-order valence-electron chi connectivity index (χ2n) is 4.42. The zero-order valence-corrected chi connectivity index (χ0v) is 9.47. The first-order valence-corrected chi connectivity index (χ1v) is 5.85. The number of aliphatic hydroxyl groups excluding tert-OH is 1. The predicted molar refractivity (Wildman–Crippen MR) is 61.5 cm³/mol. The molecule has 7 nitrogen and oxygen atoms in total. The van der Waals surface area contributed by atoms with Crippen LogP contribution in [0.1, 0.15) is 12.8 Å². The van der Waals surface area contributed by atoms with Gasteiger partial charge in [0.05, 0.1) is 31.4 Å². The molecule has 1 unspecified atom stereocenters. The van der Waals surface area contributed by atoms with Gasteiger partial charge in [0.25, 0.3) is 0 Å². The number of nitrogens with zero attached hydrogens (tertiary/aromatic N) is 2. The Hall–Kier alpha value is -1.31. The van der Waals surface area contributed by atoms with Gasteiger partial charge in [-0.25, -0.2) is 4.99 Å². The fraction of sp³-hybridized carbons (Fsp3) is 0.700. The third-order valence-electron chi connectivity index (χ3n) is 3.34. The van der Waals surface area contributed by atoms with Crippen molar-refractivity contribution in [2.75, 3.05) is 13.3 Å². The second kappa shape index (κ2) is 4.17. The lowest BCUT2D eigenvalue weighted by Crippen LogP contribution is -2.43. The van der Waals surface area contributed by atoms with Gasteiger partial charge in [-0.1, -0.05) is 0 Å². The van der Waals surface area contributed by atoms with Crippen LogP contribution in [-0.4, -0.2) is 48.1 Å². The first-order chi connectivity index (χ1) is 8.29. The van der Waals surface area contributed by atoms with Crippen molar-refractivity contribution in [2.45, 2.75) is 31.3 Å². The lowest BCUT2D eigenvalue weighted by molar-refractivity contribution is -0.0529. The van der Waals surface area contributed by atoms with Crippen LogP contribution >= 0.6 is 0 Å². The maximum Gasteiger partial charge on any atom is 0.156 e. The molecule has 0 bridgehead atoms. The lowest BCUT2D eigenvalue weighted by Gasteiger charge is -2.26. The Balaban J connectivity index is 1.76. The van der Waals surface area contributed by atoms with E-state index in [0.29, 0.717) is 6.67 Å². The zero-order chi connectivity index (χ0) is 11.8. The van der Waals surface area contributed by atoms with Crippen molar-refractivity contribution in [3.8, 4) is 0 Å². The normalized spacial score (nSPS) is 35.9. The standard InChI is InChI=1S/C10H17N5O2/c11-9-8-10(13-4-12-9)15(5-14-8)7-2-1-6(3-16)17-7/h4,6-7,9,14,16H,1-3,5,11H2,(H,12,13)/t6-,7+,9?/m0/s1. The quantitative estimate of drug-likeness (QED) is 0.465. The van der Waals surface area contributed by atoms with Crippen LogP contribution in [0.4, 0.5) is 0 Å². The Morgan fingerprint density at radius 2 is 2.47 bits per heavy atom. The average molecular weight is 239 g/mol. The highest BCUT2D eigenvalue weighted by Gasteiger charge is 2.36. The monoisotopic (exact) mass is 239 g/mol. The topological polar surface area (TPSA) is 95.1 Å². The summed E-state index contributed by atoms with van der Waals surface area (Å²) in [7, 11) is 0. The summed E-state index contributed by atoms with van der Waals surface area (Å²) < 4.78 is 5.75. The second-order valence-corrected chi connectivity index (χ2v) is 4.42. The van der Waals surface area contributed by atoms with Crippen LogP contribution in [-0.2, 0) is 4.74 Å². The molecule has 3 aliphatic rings. The van der Waals surface area contributed by atoms with Crippen LogP contribution in [0.3, 0.4) is 0 Å². The summed E-state index contributed by atoms with van der Waals surface area (Å²) in [6.07, 6.45) is 3.10. The Kier molecular flexibility index (Phi) is 2.65. The number of hydrogen-bond acceptors (Lipinski definition) is 7. The summed E-state index contributed by atoms with van der Waals surface area (Å²) in [5.41, 5.74) is 6.81. The van der Waals surface area contributed by atoms with Gasteiger partial charge < -0.3 is 31.1 Å². The largest absolute Gasteiger partial charge is 0.394 e.